The van der Waals surface area contributed by atoms with Crippen LogP contribution in [0.1, 0.15) is 31.2 Å². The van der Waals surface area contributed by atoms with Crippen molar-refractivity contribution < 1.29 is 9.47 Å². The van der Waals surface area contributed by atoms with Crippen LogP contribution in [0.25, 0.3) is 0 Å². The number of nitrogens with one attached hydrogen (secondary N) is 1. The van der Waals surface area contributed by atoms with E-state index in [2.05, 4.69) is 45.5 Å². The first-order valence-electron chi connectivity index (χ1n) is 9.85. The summed E-state index contributed by atoms with van der Waals surface area (Å²) in [6.07, 6.45) is 5.01. The summed E-state index contributed by atoms with van der Waals surface area (Å²) in [6.45, 7) is 5.20. The van der Waals surface area contributed by atoms with Gasteiger partial charge in [0.25, 0.3) is 0 Å². The molecular weight excluding hydrogens is 453 g/mol. The van der Waals surface area contributed by atoms with E-state index in [0.29, 0.717) is 19.1 Å². The molecule has 1 aromatic rings. The molecule has 2 aliphatic rings. The molecule has 1 aromatic carbocycles. The maximum absolute atomic E-state index is 5.71. The van der Waals surface area contributed by atoms with Crippen molar-refractivity contribution in [3.05, 3.63) is 35.9 Å². The topological polar surface area (TPSA) is 46.1 Å². The van der Waals surface area contributed by atoms with Crippen molar-refractivity contribution in [2.45, 2.75) is 31.1 Å². The molecule has 0 bridgehead atoms. The fourth-order valence-corrected chi connectivity index (χ4v) is 4.10. The van der Waals surface area contributed by atoms with Gasteiger partial charge in [-0.2, -0.15) is 0 Å². The third-order valence-corrected chi connectivity index (χ3v) is 5.86. The summed E-state index contributed by atoms with van der Waals surface area (Å²) in [5, 5.41) is 3.66. The standard InChI is InChI=1S/C21H33N3O2.HI/c1-22-20(24-12-9-18(15-24)16-26-14-13-25-2)23-17-21(10-6-11-21)19-7-4-3-5-8-19;/h3-5,7-8,18H,6,9-17H2,1-2H3,(H,22,23);1H. The van der Waals surface area contributed by atoms with Crippen molar-refractivity contribution in [1.82, 2.24) is 10.2 Å². The monoisotopic (exact) mass is 487 g/mol. The molecule has 1 saturated heterocycles. The molecule has 1 saturated carbocycles. The molecule has 2 fully saturated rings. The highest BCUT2D eigenvalue weighted by Crippen LogP contribution is 2.43. The number of aliphatic imine (C=N–C) groups is 1. The molecular formula is C21H34IN3O2. The molecule has 1 heterocycles. The van der Waals surface area contributed by atoms with Crippen molar-refractivity contribution in [3.8, 4) is 0 Å². The van der Waals surface area contributed by atoms with Crippen molar-refractivity contribution in [1.29, 1.82) is 0 Å². The van der Waals surface area contributed by atoms with Crippen molar-refractivity contribution >= 4 is 29.9 Å². The predicted octanol–water partition coefficient (Wildman–Crippen LogP) is 3.29. The normalized spacial score (nSPS) is 21.5. The Bertz CT molecular complexity index is 578. The van der Waals surface area contributed by atoms with Crippen LogP contribution in [0.15, 0.2) is 35.3 Å². The zero-order valence-corrected chi connectivity index (χ0v) is 19.0. The van der Waals surface area contributed by atoms with Gasteiger partial charge in [-0.3, -0.25) is 4.99 Å². The largest absolute Gasteiger partial charge is 0.382 e. The van der Waals surface area contributed by atoms with E-state index < -0.39 is 0 Å². The Morgan fingerprint density at radius 1 is 1.26 bits per heavy atom. The minimum absolute atomic E-state index is 0. The lowest BCUT2D eigenvalue weighted by atomic mass is 9.64. The highest BCUT2D eigenvalue weighted by atomic mass is 127. The Hall–Kier alpha value is -0.860. The predicted molar refractivity (Wildman–Crippen MR) is 121 cm³/mol. The number of benzene rings is 1. The van der Waals surface area contributed by atoms with Crippen molar-refractivity contribution in [2.24, 2.45) is 10.9 Å². The Labute approximate surface area is 180 Å². The second-order valence-electron chi connectivity index (χ2n) is 7.57. The van der Waals surface area contributed by atoms with Gasteiger partial charge in [-0.25, -0.2) is 0 Å². The summed E-state index contributed by atoms with van der Waals surface area (Å²) in [5.74, 6) is 1.61. The van der Waals surface area contributed by atoms with E-state index in [1.54, 1.807) is 7.11 Å². The number of halogens is 1. The number of ether oxygens (including phenoxy) is 2. The van der Waals surface area contributed by atoms with Crippen LogP contribution in [0.4, 0.5) is 0 Å². The molecule has 1 aliphatic heterocycles. The summed E-state index contributed by atoms with van der Waals surface area (Å²) in [7, 11) is 3.60. The van der Waals surface area contributed by atoms with Gasteiger partial charge in [-0.1, -0.05) is 36.8 Å². The second-order valence-corrected chi connectivity index (χ2v) is 7.57. The van der Waals surface area contributed by atoms with Crippen molar-refractivity contribution in [3.63, 3.8) is 0 Å². The van der Waals surface area contributed by atoms with E-state index in [-0.39, 0.29) is 29.4 Å². The average Bonchev–Trinajstić information content (AvgIpc) is 3.10. The number of hydrogen-bond acceptors (Lipinski definition) is 3. The number of methoxy groups -OCH3 is 1. The minimum Gasteiger partial charge on any atom is -0.382 e. The minimum atomic E-state index is 0. The van der Waals surface area contributed by atoms with Crippen LogP contribution in [0.3, 0.4) is 0 Å². The third-order valence-electron chi connectivity index (χ3n) is 5.86. The highest BCUT2D eigenvalue weighted by molar-refractivity contribution is 14.0. The Morgan fingerprint density at radius 2 is 2.04 bits per heavy atom. The molecule has 0 spiro atoms. The third kappa shape index (κ3) is 5.81. The number of guanidine groups is 1. The quantitative estimate of drug-likeness (QED) is 0.265. The zero-order chi connectivity index (χ0) is 18.2. The second kappa shape index (κ2) is 11.2. The van der Waals surface area contributed by atoms with Gasteiger partial charge in [-0.05, 0) is 24.8 Å². The first-order chi connectivity index (χ1) is 12.8. The zero-order valence-electron chi connectivity index (χ0n) is 16.7. The molecule has 1 atom stereocenters. The number of hydrogen-bond donors (Lipinski definition) is 1. The van der Waals surface area contributed by atoms with Crippen LogP contribution >= 0.6 is 24.0 Å². The van der Waals surface area contributed by atoms with Crippen LogP contribution in [-0.4, -0.2) is 64.5 Å². The van der Waals surface area contributed by atoms with Crippen LogP contribution in [0.5, 0.6) is 0 Å². The van der Waals surface area contributed by atoms with E-state index in [0.717, 1.165) is 38.6 Å². The van der Waals surface area contributed by atoms with Gasteiger partial charge >= 0.3 is 0 Å². The number of nitrogens with zero attached hydrogens (tertiary/aromatic N) is 2. The molecule has 152 valence electrons. The lowest BCUT2D eigenvalue weighted by Crippen LogP contribution is -2.49. The summed E-state index contributed by atoms with van der Waals surface area (Å²) in [6, 6.07) is 10.9. The van der Waals surface area contributed by atoms with E-state index >= 15 is 0 Å². The number of likely N-dealkylation sites (tertiary alicyclic amines) is 1. The summed E-state index contributed by atoms with van der Waals surface area (Å²) < 4.78 is 10.7. The first-order valence-corrected chi connectivity index (χ1v) is 9.85. The molecule has 0 aromatic heterocycles. The first kappa shape index (κ1) is 22.4. The molecule has 3 rings (SSSR count). The fraction of sp³-hybridized carbons (Fsp3) is 0.667. The lowest BCUT2D eigenvalue weighted by molar-refractivity contribution is 0.0536. The maximum atomic E-state index is 5.71. The van der Waals surface area contributed by atoms with Gasteiger partial charge in [0.05, 0.1) is 19.8 Å². The summed E-state index contributed by atoms with van der Waals surface area (Å²) in [4.78, 5) is 6.92. The smallest absolute Gasteiger partial charge is 0.193 e. The van der Waals surface area contributed by atoms with E-state index in [1.165, 1.54) is 24.8 Å². The Kier molecular flexibility index (Phi) is 9.32. The molecule has 6 heteroatoms. The molecule has 0 amide bonds. The van der Waals surface area contributed by atoms with Gasteiger partial charge in [-0.15, -0.1) is 24.0 Å². The van der Waals surface area contributed by atoms with Gasteiger partial charge in [0.2, 0.25) is 0 Å². The van der Waals surface area contributed by atoms with Crippen LogP contribution in [0, 0.1) is 5.92 Å². The Balaban J connectivity index is 0.00000261. The van der Waals surface area contributed by atoms with Crippen LogP contribution in [0.2, 0.25) is 0 Å². The van der Waals surface area contributed by atoms with E-state index in [9.17, 15) is 0 Å². The molecule has 5 nitrogen and oxygen atoms in total. The van der Waals surface area contributed by atoms with Gasteiger partial charge in [0.15, 0.2) is 5.96 Å². The van der Waals surface area contributed by atoms with Gasteiger partial charge < -0.3 is 19.7 Å². The highest BCUT2D eigenvalue weighted by Gasteiger charge is 2.39. The lowest BCUT2D eigenvalue weighted by Gasteiger charge is -2.43. The van der Waals surface area contributed by atoms with Gasteiger partial charge in [0, 0.05) is 45.1 Å². The Morgan fingerprint density at radius 3 is 2.67 bits per heavy atom. The molecule has 1 unspecified atom stereocenters. The summed E-state index contributed by atoms with van der Waals surface area (Å²) in [5.41, 5.74) is 1.74. The fourth-order valence-electron chi connectivity index (χ4n) is 4.10. The average molecular weight is 487 g/mol. The van der Waals surface area contributed by atoms with E-state index in [1.807, 2.05) is 7.05 Å². The van der Waals surface area contributed by atoms with E-state index in [4.69, 9.17) is 9.47 Å². The molecule has 1 aliphatic carbocycles. The molecule has 27 heavy (non-hydrogen) atoms. The molecule has 1 N–H and O–H groups in total. The SMILES string of the molecule is CN=C(NCC1(c2ccccc2)CCC1)N1CCC(COCCOC)C1.I. The van der Waals surface area contributed by atoms with Crippen LogP contribution in [-0.2, 0) is 14.9 Å². The summed E-state index contributed by atoms with van der Waals surface area (Å²) >= 11 is 0. The molecule has 0 radical (unpaired) electrons. The van der Waals surface area contributed by atoms with Crippen LogP contribution < -0.4 is 5.32 Å². The maximum Gasteiger partial charge on any atom is 0.193 e. The van der Waals surface area contributed by atoms with Gasteiger partial charge in [0.1, 0.15) is 0 Å². The number of rotatable bonds is 8. The van der Waals surface area contributed by atoms with Crippen molar-refractivity contribution in [2.75, 3.05) is 53.6 Å².